The second-order valence-corrected chi connectivity index (χ2v) is 7.76. The summed E-state index contributed by atoms with van der Waals surface area (Å²) in [6.07, 6.45) is 0. The maximum absolute atomic E-state index is 12.6. The number of methoxy groups -OCH3 is 1. The summed E-state index contributed by atoms with van der Waals surface area (Å²) in [5, 5.41) is 14.8. The van der Waals surface area contributed by atoms with Gasteiger partial charge in [-0.1, -0.05) is 0 Å². The number of aromatic hydroxyl groups is 1. The number of hydrogen-bond acceptors (Lipinski definition) is 5. The normalized spacial score (nSPS) is 11.6. The van der Waals surface area contributed by atoms with Crippen molar-refractivity contribution < 1.29 is 18.3 Å². The second-order valence-electron chi connectivity index (χ2n) is 5.05. The molecule has 126 valence electrons. The summed E-state index contributed by atoms with van der Waals surface area (Å²) < 4.78 is 34.9. The minimum Gasteiger partial charge on any atom is -0.507 e. The van der Waals surface area contributed by atoms with Crippen LogP contribution in [0.4, 0.5) is 5.69 Å². The lowest BCUT2D eigenvalue weighted by Gasteiger charge is -2.11. The monoisotopic (exact) mass is 459 g/mol. The minimum atomic E-state index is -3.78. The van der Waals surface area contributed by atoms with Gasteiger partial charge in [-0.3, -0.25) is 9.40 Å². The van der Waals surface area contributed by atoms with Gasteiger partial charge in [0.25, 0.3) is 10.0 Å². The van der Waals surface area contributed by atoms with Gasteiger partial charge in [0.15, 0.2) is 0 Å². The molecular weight excluding hydrogens is 445 g/mol. The van der Waals surface area contributed by atoms with Crippen LogP contribution in [0.5, 0.6) is 11.5 Å². The largest absolute Gasteiger partial charge is 0.507 e. The molecule has 0 fully saturated rings. The summed E-state index contributed by atoms with van der Waals surface area (Å²) in [6.45, 7) is 0. The van der Waals surface area contributed by atoms with Gasteiger partial charge in [-0.2, -0.15) is 5.10 Å². The molecule has 0 atom stereocenters. The van der Waals surface area contributed by atoms with Crippen molar-refractivity contribution in [3.8, 4) is 11.5 Å². The lowest BCUT2D eigenvalue weighted by molar-refractivity contribution is 0.414. The van der Waals surface area contributed by atoms with Crippen LogP contribution in [0.2, 0.25) is 0 Å². The van der Waals surface area contributed by atoms with Crippen molar-refractivity contribution in [3.63, 3.8) is 0 Å². The van der Waals surface area contributed by atoms with Crippen molar-refractivity contribution >= 4 is 49.2 Å². The van der Waals surface area contributed by atoms with E-state index in [0.29, 0.717) is 26.0 Å². The Kier molecular flexibility index (Phi) is 4.30. The van der Waals surface area contributed by atoms with Crippen LogP contribution in [0.3, 0.4) is 0 Å². The zero-order valence-electron chi connectivity index (χ0n) is 12.8. The number of sulfonamides is 1. The molecule has 2 aromatic carbocycles. The van der Waals surface area contributed by atoms with Crippen molar-refractivity contribution in [1.82, 2.24) is 9.78 Å². The van der Waals surface area contributed by atoms with E-state index < -0.39 is 10.0 Å². The summed E-state index contributed by atoms with van der Waals surface area (Å²) >= 11 is 1.99. The number of anilines is 1. The first-order chi connectivity index (χ1) is 11.3. The minimum absolute atomic E-state index is 0.0508. The maximum Gasteiger partial charge on any atom is 0.261 e. The number of halogens is 1. The van der Waals surface area contributed by atoms with Crippen LogP contribution in [-0.4, -0.2) is 30.4 Å². The van der Waals surface area contributed by atoms with E-state index in [9.17, 15) is 13.5 Å². The van der Waals surface area contributed by atoms with Gasteiger partial charge < -0.3 is 9.84 Å². The highest BCUT2D eigenvalue weighted by Gasteiger charge is 2.20. The van der Waals surface area contributed by atoms with Crippen LogP contribution < -0.4 is 9.46 Å². The van der Waals surface area contributed by atoms with Crippen LogP contribution in [0, 0.1) is 3.70 Å². The standard InChI is InChI=1S/C15H14IN3O4S/c1-19-14-11(7-8-12(20)13(14)15(16)17-19)18-24(21,22)10-5-3-9(23-2)4-6-10/h3-8,18,20H,1-2H3. The van der Waals surface area contributed by atoms with E-state index in [4.69, 9.17) is 4.74 Å². The van der Waals surface area contributed by atoms with Crippen LogP contribution in [0.15, 0.2) is 41.3 Å². The van der Waals surface area contributed by atoms with Gasteiger partial charge in [0.1, 0.15) is 15.2 Å². The second kappa shape index (κ2) is 6.13. The molecule has 0 bridgehead atoms. The SMILES string of the molecule is COc1ccc(S(=O)(=O)Nc2ccc(O)c3c(I)nn(C)c23)cc1. The van der Waals surface area contributed by atoms with E-state index in [2.05, 4.69) is 9.82 Å². The highest BCUT2D eigenvalue weighted by Crippen LogP contribution is 2.34. The quantitative estimate of drug-likeness (QED) is 0.463. The van der Waals surface area contributed by atoms with Gasteiger partial charge in [-0.15, -0.1) is 0 Å². The van der Waals surface area contributed by atoms with Crippen molar-refractivity contribution in [1.29, 1.82) is 0 Å². The fourth-order valence-corrected chi connectivity index (χ4v) is 4.31. The Hall–Kier alpha value is -2.01. The lowest BCUT2D eigenvalue weighted by atomic mass is 10.2. The molecule has 0 unspecified atom stereocenters. The molecule has 0 spiro atoms. The van der Waals surface area contributed by atoms with Gasteiger partial charge in [-0.05, 0) is 59.0 Å². The van der Waals surface area contributed by atoms with Crippen molar-refractivity contribution in [3.05, 3.63) is 40.1 Å². The van der Waals surface area contributed by atoms with Gasteiger partial charge >= 0.3 is 0 Å². The van der Waals surface area contributed by atoms with Crippen LogP contribution in [-0.2, 0) is 17.1 Å². The van der Waals surface area contributed by atoms with Crippen LogP contribution in [0.25, 0.3) is 10.9 Å². The molecule has 0 aliphatic carbocycles. The van der Waals surface area contributed by atoms with Gasteiger partial charge in [0.05, 0.1) is 28.6 Å². The third-order valence-corrected chi connectivity index (χ3v) is 5.67. The van der Waals surface area contributed by atoms with Crippen LogP contribution >= 0.6 is 22.6 Å². The summed E-state index contributed by atoms with van der Waals surface area (Å²) in [4.78, 5) is 0.112. The number of nitrogens with one attached hydrogen (secondary N) is 1. The number of phenolic OH excluding ortho intramolecular Hbond substituents is 1. The summed E-state index contributed by atoms with van der Waals surface area (Å²) in [5.74, 6) is 0.622. The number of fused-ring (bicyclic) bond motifs is 1. The van der Waals surface area contributed by atoms with E-state index in [-0.39, 0.29) is 10.6 Å². The Morgan fingerprint density at radius 1 is 1.21 bits per heavy atom. The number of aryl methyl sites for hydroxylation is 1. The topological polar surface area (TPSA) is 93.5 Å². The van der Waals surface area contributed by atoms with Gasteiger partial charge in [-0.25, -0.2) is 8.42 Å². The molecule has 1 aromatic heterocycles. The average molecular weight is 459 g/mol. The molecular formula is C15H14IN3O4S. The van der Waals surface area contributed by atoms with E-state index in [0.717, 1.165) is 0 Å². The van der Waals surface area contributed by atoms with E-state index in [1.165, 1.54) is 36.1 Å². The molecule has 0 saturated carbocycles. The molecule has 0 radical (unpaired) electrons. The predicted molar refractivity (Wildman–Crippen MR) is 98.9 cm³/mol. The molecule has 9 heteroatoms. The Bertz CT molecular complexity index is 1010. The van der Waals surface area contributed by atoms with Crippen molar-refractivity contribution in [2.24, 2.45) is 7.05 Å². The molecule has 0 aliphatic heterocycles. The van der Waals surface area contributed by atoms with E-state index in [1.807, 2.05) is 22.6 Å². The molecule has 7 nitrogen and oxygen atoms in total. The average Bonchev–Trinajstić information content (AvgIpc) is 2.86. The highest BCUT2D eigenvalue weighted by molar-refractivity contribution is 14.1. The fourth-order valence-electron chi connectivity index (χ4n) is 2.39. The Morgan fingerprint density at radius 3 is 2.50 bits per heavy atom. The number of nitrogens with zero attached hydrogens (tertiary/aromatic N) is 2. The van der Waals surface area contributed by atoms with Gasteiger partial charge in [0, 0.05) is 7.05 Å². The molecule has 0 saturated heterocycles. The maximum atomic E-state index is 12.6. The number of phenols is 1. The molecule has 2 N–H and O–H groups in total. The molecule has 1 heterocycles. The number of rotatable bonds is 4. The molecule has 0 amide bonds. The third kappa shape index (κ3) is 2.88. The fraction of sp³-hybridized carbons (Fsp3) is 0.133. The Balaban J connectivity index is 2.07. The lowest BCUT2D eigenvalue weighted by Crippen LogP contribution is -2.13. The summed E-state index contributed by atoms with van der Waals surface area (Å²) in [6, 6.07) is 9.04. The molecule has 24 heavy (non-hydrogen) atoms. The number of hydrogen-bond donors (Lipinski definition) is 2. The van der Waals surface area contributed by atoms with Crippen molar-refractivity contribution in [2.75, 3.05) is 11.8 Å². The Labute approximate surface area is 152 Å². The molecule has 3 aromatic rings. The third-order valence-electron chi connectivity index (χ3n) is 3.54. The first-order valence-corrected chi connectivity index (χ1v) is 9.40. The predicted octanol–water partition coefficient (Wildman–Crippen LogP) is 2.69. The zero-order chi connectivity index (χ0) is 17.5. The Morgan fingerprint density at radius 2 is 1.88 bits per heavy atom. The number of benzene rings is 2. The number of ether oxygens (including phenoxy) is 1. The zero-order valence-corrected chi connectivity index (χ0v) is 15.8. The first kappa shape index (κ1) is 16.8. The number of aromatic nitrogens is 2. The molecule has 0 aliphatic rings. The van der Waals surface area contributed by atoms with Gasteiger partial charge in [0.2, 0.25) is 0 Å². The highest BCUT2D eigenvalue weighted by atomic mass is 127. The molecule has 3 rings (SSSR count). The van der Waals surface area contributed by atoms with Crippen molar-refractivity contribution in [2.45, 2.75) is 4.90 Å². The smallest absolute Gasteiger partial charge is 0.261 e. The van der Waals surface area contributed by atoms with E-state index >= 15 is 0 Å². The van der Waals surface area contributed by atoms with Crippen LogP contribution in [0.1, 0.15) is 0 Å². The summed E-state index contributed by atoms with van der Waals surface area (Å²) in [7, 11) is -0.578. The van der Waals surface area contributed by atoms with E-state index in [1.54, 1.807) is 19.2 Å². The summed E-state index contributed by atoms with van der Waals surface area (Å²) in [5.41, 5.74) is 0.855. The first-order valence-electron chi connectivity index (χ1n) is 6.84.